The molecule has 1 aliphatic carbocycles. The molecule has 1 heterocycles. The summed E-state index contributed by atoms with van der Waals surface area (Å²) in [6.45, 7) is 2.89. The van der Waals surface area contributed by atoms with Gasteiger partial charge in [-0.1, -0.05) is 66.1 Å². The van der Waals surface area contributed by atoms with Crippen LogP contribution in [0.25, 0.3) is 10.4 Å². The molecular weight excluding hydrogens is 709 g/mol. The molecule has 15 heteroatoms. The van der Waals surface area contributed by atoms with Crippen LogP contribution in [0.2, 0.25) is 5.02 Å². The Hall–Kier alpha value is -4.30. The highest BCUT2D eigenvalue weighted by Crippen LogP contribution is 2.45. The van der Waals surface area contributed by atoms with Crippen molar-refractivity contribution in [3.05, 3.63) is 117 Å². The van der Waals surface area contributed by atoms with Crippen molar-refractivity contribution in [2.45, 2.75) is 55.5 Å². The molecule has 1 aliphatic heterocycles. The van der Waals surface area contributed by atoms with Crippen molar-refractivity contribution in [3.8, 4) is 0 Å². The lowest BCUT2D eigenvalue weighted by Crippen LogP contribution is -2.44. The summed E-state index contributed by atoms with van der Waals surface area (Å²) in [5.74, 6) is -1.55. The number of hydrogen-bond donors (Lipinski definition) is 4. The number of carbonyl (C=O) groups excluding carboxylic acids is 1. The number of anilines is 1. The summed E-state index contributed by atoms with van der Waals surface area (Å²) >= 11 is 6.19. The molecule has 5 rings (SSSR count). The molecule has 4 atom stereocenters. The quantitative estimate of drug-likeness (QED) is 0.0731. The van der Waals surface area contributed by atoms with Crippen molar-refractivity contribution in [2.24, 2.45) is 20.9 Å². The second-order valence-corrected chi connectivity index (χ2v) is 15.7. The second-order valence-electron chi connectivity index (χ2n) is 13.6. The summed E-state index contributed by atoms with van der Waals surface area (Å²) in [5, 5.41) is 20.3. The van der Waals surface area contributed by atoms with Gasteiger partial charge in [0.05, 0.1) is 18.6 Å². The molecule has 276 valence electrons. The Morgan fingerprint density at radius 1 is 1.13 bits per heavy atom. The molecular formula is C37H43ClFN7O5S. The maximum atomic E-state index is 15.6. The van der Waals surface area contributed by atoms with Gasteiger partial charge in [0.25, 0.3) is 0 Å². The third-order valence-corrected chi connectivity index (χ3v) is 11.6. The number of benzene rings is 3. The first kappa shape index (κ1) is 38.9. The number of rotatable bonds is 17. The maximum absolute atomic E-state index is 15.6. The highest BCUT2D eigenvalue weighted by Gasteiger charge is 2.43. The van der Waals surface area contributed by atoms with Crippen LogP contribution in [0, 0.1) is 16.6 Å². The molecule has 12 nitrogen and oxygen atoms in total. The van der Waals surface area contributed by atoms with E-state index in [-0.39, 0.29) is 54.1 Å². The van der Waals surface area contributed by atoms with Gasteiger partial charge < -0.3 is 20.5 Å². The Morgan fingerprint density at radius 3 is 2.48 bits per heavy atom. The van der Waals surface area contributed by atoms with Crippen LogP contribution in [-0.4, -0.2) is 70.8 Å². The van der Waals surface area contributed by atoms with Crippen molar-refractivity contribution in [2.75, 3.05) is 38.7 Å². The third kappa shape index (κ3) is 9.57. The molecule has 0 radical (unpaired) electrons. The molecule has 2 aliphatic rings. The lowest BCUT2D eigenvalue weighted by atomic mass is 9.68. The number of nitrogens with zero attached hydrogens (tertiary/aromatic N) is 4. The van der Waals surface area contributed by atoms with Gasteiger partial charge in [0.1, 0.15) is 11.9 Å². The summed E-state index contributed by atoms with van der Waals surface area (Å²) in [4.78, 5) is 21.8. The van der Waals surface area contributed by atoms with E-state index >= 15 is 4.39 Å². The zero-order valence-electron chi connectivity index (χ0n) is 29.0. The van der Waals surface area contributed by atoms with Crippen LogP contribution in [0.3, 0.4) is 0 Å². The van der Waals surface area contributed by atoms with E-state index in [1.807, 2.05) is 13.0 Å². The molecule has 0 spiro atoms. The van der Waals surface area contributed by atoms with Crippen LogP contribution in [0.15, 0.2) is 100.0 Å². The second kappa shape index (κ2) is 17.0. The summed E-state index contributed by atoms with van der Waals surface area (Å²) < 4.78 is 50.2. The standard InChI is InChI=1S/C37H43ClFN7O5S/c1-36(18-17-32(51-2)42-22-36)33(25-11-13-26(38)14-12-25)34(44-46-40)35(48)43-31-10-6-9-30(39)29(31)16-15-27(21-41-23-37(24-47)19-20-37)45-52(49,50)28-7-4-3-5-8-28/h3-14,17-18,27,33-34,41,45,47H,15-16,19-24H2,1-2H3,(H,43,48)/t27-,33+,34-,36?/m0/s1. The highest BCUT2D eigenvalue weighted by molar-refractivity contribution is 7.89. The van der Waals surface area contributed by atoms with Gasteiger partial charge in [-0.05, 0) is 79.3 Å². The predicted molar refractivity (Wildman–Crippen MR) is 199 cm³/mol. The Morgan fingerprint density at radius 2 is 1.87 bits per heavy atom. The van der Waals surface area contributed by atoms with Crippen LogP contribution < -0.4 is 15.4 Å². The van der Waals surface area contributed by atoms with Gasteiger partial charge in [-0.15, -0.1) is 0 Å². The van der Waals surface area contributed by atoms with Crippen LogP contribution in [-0.2, 0) is 26.0 Å². The number of aliphatic imine (C=N–C) groups is 1. The highest BCUT2D eigenvalue weighted by atomic mass is 35.5. The van der Waals surface area contributed by atoms with Crippen LogP contribution >= 0.6 is 11.6 Å². The van der Waals surface area contributed by atoms with Gasteiger partial charge in [-0.2, -0.15) is 0 Å². The first-order valence-corrected chi connectivity index (χ1v) is 18.8. The van der Waals surface area contributed by atoms with E-state index < -0.39 is 45.2 Å². The average molecular weight is 752 g/mol. The van der Waals surface area contributed by atoms with Crippen molar-refractivity contribution in [1.82, 2.24) is 10.0 Å². The van der Waals surface area contributed by atoms with Crippen molar-refractivity contribution < 1.29 is 27.4 Å². The zero-order valence-corrected chi connectivity index (χ0v) is 30.6. The fourth-order valence-electron chi connectivity index (χ4n) is 6.49. The lowest BCUT2D eigenvalue weighted by Gasteiger charge is -2.39. The first-order chi connectivity index (χ1) is 24.9. The SMILES string of the molecule is COC1=NCC(C)([C@H](c2ccc(Cl)cc2)[C@H](N=[N+]=[N-])C(=O)Nc2cccc(F)c2CC[C@@H](CNCC2(CO)CC2)NS(=O)(=O)c2ccccc2)C=C1. The van der Waals surface area contributed by atoms with Crippen LogP contribution in [0.1, 0.15) is 43.2 Å². The number of carbonyl (C=O) groups is 1. The summed E-state index contributed by atoms with van der Waals surface area (Å²) in [7, 11) is -2.41. The molecule has 3 aromatic carbocycles. The minimum Gasteiger partial charge on any atom is -0.481 e. The Labute approximate surface area is 308 Å². The van der Waals surface area contributed by atoms with E-state index in [1.165, 1.54) is 31.4 Å². The number of halogens is 2. The topological polar surface area (TPSA) is 178 Å². The van der Waals surface area contributed by atoms with E-state index in [9.17, 15) is 23.8 Å². The number of nitrogens with one attached hydrogen (secondary N) is 3. The van der Waals surface area contributed by atoms with E-state index in [1.54, 1.807) is 54.6 Å². The van der Waals surface area contributed by atoms with Crippen molar-refractivity contribution in [3.63, 3.8) is 0 Å². The van der Waals surface area contributed by atoms with E-state index in [2.05, 4.69) is 30.4 Å². The van der Waals surface area contributed by atoms with Gasteiger partial charge in [0.2, 0.25) is 21.8 Å². The Kier molecular flexibility index (Phi) is 12.7. The lowest BCUT2D eigenvalue weighted by molar-refractivity contribution is -0.118. The summed E-state index contributed by atoms with van der Waals surface area (Å²) in [6.07, 6.45) is 5.55. The number of hydrogen-bond acceptors (Lipinski definition) is 8. The summed E-state index contributed by atoms with van der Waals surface area (Å²) in [5.41, 5.74) is 9.66. The smallest absolute Gasteiger partial charge is 0.240 e. The average Bonchev–Trinajstić information content (AvgIpc) is 3.92. The molecule has 3 aromatic rings. The molecule has 52 heavy (non-hydrogen) atoms. The van der Waals surface area contributed by atoms with E-state index in [4.69, 9.17) is 16.3 Å². The number of sulfonamides is 1. The maximum Gasteiger partial charge on any atom is 0.240 e. The Balaban J connectivity index is 1.40. The number of azide groups is 1. The first-order valence-electron chi connectivity index (χ1n) is 17.0. The van der Waals surface area contributed by atoms with Gasteiger partial charge >= 0.3 is 0 Å². The predicted octanol–water partition coefficient (Wildman–Crippen LogP) is 6.14. The van der Waals surface area contributed by atoms with Crippen molar-refractivity contribution >= 4 is 39.1 Å². The molecule has 1 unspecified atom stereocenters. The molecule has 0 bridgehead atoms. The van der Waals surface area contributed by atoms with Gasteiger partial charge in [-0.25, -0.2) is 17.5 Å². The molecule has 0 aromatic heterocycles. The normalized spacial score (nSPS) is 19.4. The van der Waals surface area contributed by atoms with Gasteiger partial charge in [0, 0.05) is 63.7 Å². The van der Waals surface area contributed by atoms with Crippen LogP contribution in [0.4, 0.5) is 10.1 Å². The fourth-order valence-corrected chi connectivity index (χ4v) is 7.91. The number of aliphatic hydroxyl groups is 1. The number of methoxy groups -OCH3 is 1. The number of ether oxygens (including phenoxy) is 1. The number of aliphatic hydroxyl groups excluding tert-OH is 1. The van der Waals surface area contributed by atoms with Crippen LogP contribution in [0.5, 0.6) is 0 Å². The zero-order chi connectivity index (χ0) is 37.4. The molecule has 1 fully saturated rings. The molecule has 4 N–H and O–H groups in total. The summed E-state index contributed by atoms with van der Waals surface area (Å²) in [6, 6.07) is 17.2. The van der Waals surface area contributed by atoms with Crippen molar-refractivity contribution in [1.29, 1.82) is 0 Å². The molecule has 0 saturated heterocycles. The fraction of sp³-hybridized carbons (Fsp3) is 0.405. The number of amides is 1. The van der Waals surface area contributed by atoms with E-state index in [0.717, 1.165) is 12.8 Å². The monoisotopic (exact) mass is 751 g/mol. The molecule has 1 amide bonds. The van der Waals surface area contributed by atoms with Gasteiger partial charge in [-0.3, -0.25) is 9.79 Å². The van der Waals surface area contributed by atoms with E-state index in [0.29, 0.717) is 23.0 Å². The molecule has 1 saturated carbocycles. The van der Waals surface area contributed by atoms with Gasteiger partial charge in [0.15, 0.2) is 0 Å². The third-order valence-electron chi connectivity index (χ3n) is 9.77. The number of dihydropyridines is 1. The largest absolute Gasteiger partial charge is 0.481 e. The minimum absolute atomic E-state index is 0.0330. The minimum atomic E-state index is -3.92. The Bertz CT molecular complexity index is 1940.